The summed E-state index contributed by atoms with van der Waals surface area (Å²) in [7, 11) is 0. The van der Waals surface area contributed by atoms with E-state index in [4.69, 9.17) is 10.5 Å². The molecule has 0 aliphatic carbocycles. The lowest BCUT2D eigenvalue weighted by atomic mass is 10.2. The number of ether oxygens (including phenoxy) is 1. The van der Waals surface area contributed by atoms with Gasteiger partial charge in [0.2, 0.25) is 0 Å². The molecule has 0 bridgehead atoms. The molecule has 1 atom stereocenters. The molecule has 0 amide bonds. The lowest BCUT2D eigenvalue weighted by molar-refractivity contribution is 0.288. The van der Waals surface area contributed by atoms with Crippen molar-refractivity contribution in [3.63, 3.8) is 0 Å². The monoisotopic (exact) mass is 215 g/mol. The summed E-state index contributed by atoms with van der Waals surface area (Å²) in [6.07, 6.45) is 1.58. The first-order chi connectivity index (χ1) is 7.09. The van der Waals surface area contributed by atoms with Crippen molar-refractivity contribution in [2.75, 3.05) is 6.61 Å². The molecule has 0 saturated heterocycles. The second-order valence-electron chi connectivity index (χ2n) is 3.54. The molecule has 0 spiro atoms. The number of hydrogen-bond acceptors (Lipinski definition) is 2. The Morgan fingerprint density at radius 3 is 2.73 bits per heavy atom. The number of hydrogen-bond donors (Lipinski definition) is 1. The summed E-state index contributed by atoms with van der Waals surface area (Å²) in [4.78, 5) is 0. The molecule has 1 aromatic rings. The van der Waals surface area contributed by atoms with Gasteiger partial charge in [-0.1, -0.05) is 0 Å². The van der Waals surface area contributed by atoms with E-state index in [1.54, 1.807) is 0 Å². The van der Waals surface area contributed by atoms with E-state index in [9.17, 15) is 8.78 Å². The van der Waals surface area contributed by atoms with E-state index in [1.165, 1.54) is 12.1 Å². The maximum atomic E-state index is 13.0. The maximum absolute atomic E-state index is 13.0. The van der Waals surface area contributed by atoms with Crippen molar-refractivity contribution in [1.29, 1.82) is 0 Å². The van der Waals surface area contributed by atoms with Gasteiger partial charge in [-0.15, -0.1) is 0 Å². The molecule has 0 radical (unpaired) electrons. The zero-order valence-corrected chi connectivity index (χ0v) is 8.67. The number of benzene rings is 1. The van der Waals surface area contributed by atoms with E-state index < -0.39 is 11.6 Å². The summed E-state index contributed by atoms with van der Waals surface area (Å²) >= 11 is 0. The van der Waals surface area contributed by atoms with E-state index in [-0.39, 0.29) is 11.8 Å². The molecule has 1 rings (SSSR count). The quantitative estimate of drug-likeness (QED) is 0.766. The largest absolute Gasteiger partial charge is 0.491 e. The van der Waals surface area contributed by atoms with Crippen LogP contribution in [-0.2, 0) is 0 Å². The van der Waals surface area contributed by atoms with Gasteiger partial charge in [0.15, 0.2) is 11.6 Å². The highest BCUT2D eigenvalue weighted by Crippen LogP contribution is 2.17. The summed E-state index contributed by atoms with van der Waals surface area (Å²) in [6.45, 7) is 2.29. The fourth-order valence-corrected chi connectivity index (χ4v) is 1.18. The zero-order valence-electron chi connectivity index (χ0n) is 8.67. The Labute approximate surface area is 88.0 Å². The van der Waals surface area contributed by atoms with Crippen LogP contribution in [0.2, 0.25) is 0 Å². The third-order valence-electron chi connectivity index (χ3n) is 1.96. The first-order valence-electron chi connectivity index (χ1n) is 4.93. The zero-order chi connectivity index (χ0) is 11.3. The molecular weight excluding hydrogens is 200 g/mol. The van der Waals surface area contributed by atoms with Crippen molar-refractivity contribution >= 4 is 0 Å². The number of rotatable bonds is 5. The van der Waals surface area contributed by atoms with Crippen molar-refractivity contribution < 1.29 is 13.5 Å². The Morgan fingerprint density at radius 1 is 1.40 bits per heavy atom. The smallest absolute Gasteiger partial charge is 0.167 e. The Kier molecular flexibility index (Phi) is 4.49. The molecule has 0 aliphatic heterocycles. The molecule has 0 fully saturated rings. The van der Waals surface area contributed by atoms with Gasteiger partial charge in [0.05, 0.1) is 6.61 Å². The standard InChI is InChI=1S/C11H15F2NO/c1-8(14)3-2-6-15-11-5-4-9(12)7-10(11)13/h4-5,7-8H,2-3,6,14H2,1H3. The van der Waals surface area contributed by atoms with Crippen LogP contribution in [0.15, 0.2) is 18.2 Å². The molecule has 2 N–H and O–H groups in total. The van der Waals surface area contributed by atoms with Crippen LogP contribution in [0.5, 0.6) is 5.75 Å². The molecule has 0 heterocycles. The average molecular weight is 215 g/mol. The van der Waals surface area contributed by atoms with E-state index in [1.807, 2.05) is 6.92 Å². The lowest BCUT2D eigenvalue weighted by Crippen LogP contribution is -2.15. The Morgan fingerprint density at radius 2 is 2.13 bits per heavy atom. The fraction of sp³-hybridized carbons (Fsp3) is 0.455. The Bertz CT molecular complexity index is 315. The van der Waals surface area contributed by atoms with Crippen LogP contribution in [0.3, 0.4) is 0 Å². The predicted octanol–water partition coefficient (Wildman–Crippen LogP) is 2.47. The molecule has 0 aromatic heterocycles. The third kappa shape index (κ3) is 4.25. The van der Waals surface area contributed by atoms with Crippen LogP contribution in [0.1, 0.15) is 19.8 Å². The topological polar surface area (TPSA) is 35.2 Å². The minimum absolute atomic E-state index is 0.0843. The molecule has 2 nitrogen and oxygen atoms in total. The van der Waals surface area contributed by atoms with Gasteiger partial charge in [0.25, 0.3) is 0 Å². The number of nitrogens with two attached hydrogens (primary N) is 1. The molecule has 0 saturated carbocycles. The van der Waals surface area contributed by atoms with Gasteiger partial charge in [0, 0.05) is 12.1 Å². The predicted molar refractivity (Wildman–Crippen MR) is 54.7 cm³/mol. The average Bonchev–Trinajstić information content (AvgIpc) is 2.14. The summed E-state index contributed by atoms with van der Waals surface area (Å²) in [5, 5.41) is 0. The van der Waals surface area contributed by atoms with Crippen LogP contribution in [0.4, 0.5) is 8.78 Å². The summed E-state index contributed by atoms with van der Waals surface area (Å²) in [5.74, 6) is -1.19. The second kappa shape index (κ2) is 5.66. The second-order valence-corrected chi connectivity index (χ2v) is 3.54. The minimum atomic E-state index is -0.671. The van der Waals surface area contributed by atoms with Gasteiger partial charge < -0.3 is 10.5 Å². The highest BCUT2D eigenvalue weighted by atomic mass is 19.1. The van der Waals surface area contributed by atoms with E-state index in [0.29, 0.717) is 6.61 Å². The minimum Gasteiger partial charge on any atom is -0.491 e. The molecule has 15 heavy (non-hydrogen) atoms. The molecule has 1 aromatic carbocycles. The van der Waals surface area contributed by atoms with E-state index in [0.717, 1.165) is 18.9 Å². The van der Waals surface area contributed by atoms with Crippen molar-refractivity contribution in [2.45, 2.75) is 25.8 Å². The van der Waals surface area contributed by atoms with Gasteiger partial charge in [-0.05, 0) is 31.9 Å². The number of halogens is 2. The molecule has 1 unspecified atom stereocenters. The van der Waals surface area contributed by atoms with Crippen molar-refractivity contribution in [1.82, 2.24) is 0 Å². The van der Waals surface area contributed by atoms with Gasteiger partial charge >= 0.3 is 0 Å². The van der Waals surface area contributed by atoms with Gasteiger partial charge in [-0.25, -0.2) is 8.78 Å². The Balaban J connectivity index is 2.37. The summed E-state index contributed by atoms with van der Waals surface area (Å²) in [5.41, 5.74) is 5.54. The molecule has 4 heteroatoms. The van der Waals surface area contributed by atoms with Gasteiger partial charge in [0.1, 0.15) is 5.82 Å². The van der Waals surface area contributed by atoms with Crippen molar-refractivity contribution in [3.05, 3.63) is 29.8 Å². The van der Waals surface area contributed by atoms with Crippen LogP contribution >= 0.6 is 0 Å². The van der Waals surface area contributed by atoms with Crippen LogP contribution in [0, 0.1) is 11.6 Å². The summed E-state index contributed by atoms with van der Waals surface area (Å²) < 4.78 is 30.7. The molecule has 84 valence electrons. The Hall–Kier alpha value is -1.16. The maximum Gasteiger partial charge on any atom is 0.167 e. The first kappa shape index (κ1) is 11.9. The van der Waals surface area contributed by atoms with E-state index in [2.05, 4.69) is 0 Å². The summed E-state index contributed by atoms with van der Waals surface area (Å²) in [6, 6.07) is 3.38. The highest BCUT2D eigenvalue weighted by molar-refractivity contribution is 5.24. The van der Waals surface area contributed by atoms with Crippen LogP contribution in [-0.4, -0.2) is 12.6 Å². The third-order valence-corrected chi connectivity index (χ3v) is 1.96. The van der Waals surface area contributed by atoms with Crippen molar-refractivity contribution in [2.24, 2.45) is 5.73 Å². The molecule has 0 aliphatic rings. The normalized spacial score (nSPS) is 12.5. The SMILES string of the molecule is CC(N)CCCOc1ccc(F)cc1F. The fourth-order valence-electron chi connectivity index (χ4n) is 1.18. The first-order valence-corrected chi connectivity index (χ1v) is 4.93. The highest BCUT2D eigenvalue weighted by Gasteiger charge is 2.04. The molecular formula is C11H15F2NO. The van der Waals surface area contributed by atoms with Gasteiger partial charge in [-0.2, -0.15) is 0 Å². The van der Waals surface area contributed by atoms with Crippen LogP contribution < -0.4 is 10.5 Å². The lowest BCUT2D eigenvalue weighted by Gasteiger charge is -2.08. The van der Waals surface area contributed by atoms with Crippen molar-refractivity contribution in [3.8, 4) is 5.75 Å². The van der Waals surface area contributed by atoms with Gasteiger partial charge in [-0.3, -0.25) is 0 Å². The van der Waals surface area contributed by atoms with E-state index >= 15 is 0 Å². The van der Waals surface area contributed by atoms with Crippen LogP contribution in [0.25, 0.3) is 0 Å².